The lowest BCUT2D eigenvalue weighted by molar-refractivity contribution is 0.0746. The molecule has 2 amide bonds. The van der Waals surface area contributed by atoms with Gasteiger partial charge in [-0.1, -0.05) is 6.07 Å². The fourth-order valence-corrected chi connectivity index (χ4v) is 3.46. The Kier molecular flexibility index (Phi) is 6.07. The van der Waals surface area contributed by atoms with E-state index in [1.807, 2.05) is 4.90 Å². The number of nitrogens with one attached hydrogen (secondary N) is 1. The van der Waals surface area contributed by atoms with Gasteiger partial charge in [0.1, 0.15) is 23.3 Å². The van der Waals surface area contributed by atoms with Gasteiger partial charge < -0.3 is 15.1 Å². The van der Waals surface area contributed by atoms with Crippen LogP contribution in [-0.4, -0.2) is 47.9 Å². The van der Waals surface area contributed by atoms with Gasteiger partial charge >= 0.3 is 0 Å². The molecule has 1 aliphatic rings. The van der Waals surface area contributed by atoms with Crippen LogP contribution in [0.1, 0.15) is 20.7 Å². The second-order valence-corrected chi connectivity index (χ2v) is 7.27. The molecule has 1 N–H and O–H groups in total. The molecule has 0 atom stereocenters. The molecule has 32 heavy (non-hydrogen) atoms. The molecule has 0 spiro atoms. The Labute approximate surface area is 182 Å². The molecule has 0 saturated carbocycles. The average molecular weight is 440 g/mol. The van der Waals surface area contributed by atoms with Crippen LogP contribution in [0.3, 0.4) is 0 Å². The zero-order chi connectivity index (χ0) is 22.7. The van der Waals surface area contributed by atoms with Crippen molar-refractivity contribution in [3.05, 3.63) is 89.4 Å². The fraction of sp³-hybridized carbons (Fsp3) is 0.174. The topological polar surface area (TPSA) is 65.5 Å². The van der Waals surface area contributed by atoms with Crippen molar-refractivity contribution in [3.63, 3.8) is 0 Å². The number of amides is 2. The normalized spacial score (nSPS) is 13.7. The quantitative estimate of drug-likeness (QED) is 0.672. The third kappa shape index (κ3) is 4.72. The number of hydrogen-bond donors (Lipinski definition) is 1. The van der Waals surface area contributed by atoms with Crippen LogP contribution >= 0.6 is 0 Å². The van der Waals surface area contributed by atoms with Gasteiger partial charge in [-0.3, -0.25) is 9.59 Å². The number of carbonyl (C=O) groups is 2. The van der Waals surface area contributed by atoms with Gasteiger partial charge in [0.25, 0.3) is 11.8 Å². The van der Waals surface area contributed by atoms with E-state index in [4.69, 9.17) is 0 Å². The van der Waals surface area contributed by atoms with Gasteiger partial charge in [-0.15, -0.1) is 0 Å². The lowest BCUT2D eigenvalue weighted by Crippen LogP contribution is -2.49. The highest BCUT2D eigenvalue weighted by atomic mass is 19.1. The number of aromatic nitrogens is 1. The van der Waals surface area contributed by atoms with E-state index >= 15 is 0 Å². The molecule has 2 aromatic carbocycles. The third-order valence-electron chi connectivity index (χ3n) is 5.14. The maximum Gasteiger partial charge on any atom is 0.258 e. The second-order valence-electron chi connectivity index (χ2n) is 7.27. The molecule has 1 fully saturated rings. The molecule has 0 bridgehead atoms. The first kappa shape index (κ1) is 21.4. The van der Waals surface area contributed by atoms with Crippen LogP contribution in [0, 0.1) is 17.5 Å². The zero-order valence-electron chi connectivity index (χ0n) is 16.9. The molecule has 0 aliphatic carbocycles. The van der Waals surface area contributed by atoms with Crippen LogP contribution in [0.4, 0.5) is 24.7 Å². The number of rotatable bonds is 4. The minimum absolute atomic E-state index is 0.219. The van der Waals surface area contributed by atoms with Crippen molar-refractivity contribution in [2.75, 3.05) is 36.4 Å². The molecule has 1 aromatic heterocycles. The Hall–Kier alpha value is -3.88. The summed E-state index contributed by atoms with van der Waals surface area (Å²) in [7, 11) is 0. The van der Waals surface area contributed by atoms with Gasteiger partial charge in [0.05, 0.1) is 17.4 Å². The minimum atomic E-state index is -0.947. The average Bonchev–Trinajstić information content (AvgIpc) is 2.79. The van der Waals surface area contributed by atoms with E-state index in [2.05, 4.69) is 10.3 Å². The van der Waals surface area contributed by atoms with Crippen molar-refractivity contribution in [3.8, 4) is 0 Å². The van der Waals surface area contributed by atoms with E-state index in [-0.39, 0.29) is 11.5 Å². The Morgan fingerprint density at radius 3 is 2.28 bits per heavy atom. The van der Waals surface area contributed by atoms with Crippen molar-refractivity contribution in [1.29, 1.82) is 0 Å². The molecule has 2 heterocycles. The van der Waals surface area contributed by atoms with Crippen LogP contribution in [-0.2, 0) is 0 Å². The highest BCUT2D eigenvalue weighted by Crippen LogP contribution is 2.19. The van der Waals surface area contributed by atoms with Gasteiger partial charge in [0.2, 0.25) is 0 Å². The zero-order valence-corrected chi connectivity index (χ0v) is 16.9. The van der Waals surface area contributed by atoms with E-state index in [0.717, 1.165) is 12.1 Å². The number of anilines is 2. The molecule has 9 heteroatoms. The standard InChI is InChI=1S/C23H19F3N4O2/c24-16-3-1-2-15(12-16)23(32)30-10-8-29(9-11-30)21-7-5-18(14-27-21)28-22(31)19-6-4-17(25)13-20(19)26/h1-7,12-14H,8-11H2,(H,28,31). The van der Waals surface area contributed by atoms with Crippen molar-refractivity contribution < 1.29 is 22.8 Å². The lowest BCUT2D eigenvalue weighted by Gasteiger charge is -2.35. The summed E-state index contributed by atoms with van der Waals surface area (Å²) in [5, 5.41) is 2.53. The number of nitrogens with zero attached hydrogens (tertiary/aromatic N) is 3. The maximum absolute atomic E-state index is 13.8. The number of carbonyl (C=O) groups excluding carboxylic acids is 2. The van der Waals surface area contributed by atoms with E-state index < -0.39 is 23.4 Å². The van der Waals surface area contributed by atoms with Crippen LogP contribution in [0.15, 0.2) is 60.8 Å². The van der Waals surface area contributed by atoms with E-state index in [1.54, 1.807) is 23.1 Å². The lowest BCUT2D eigenvalue weighted by atomic mass is 10.1. The van der Waals surface area contributed by atoms with Crippen molar-refractivity contribution in [2.45, 2.75) is 0 Å². The number of piperazine rings is 1. The maximum atomic E-state index is 13.8. The summed E-state index contributed by atoms with van der Waals surface area (Å²) < 4.78 is 40.1. The first-order valence-electron chi connectivity index (χ1n) is 9.93. The van der Waals surface area contributed by atoms with Crippen LogP contribution in [0.5, 0.6) is 0 Å². The molecule has 4 rings (SSSR count). The summed E-state index contributed by atoms with van der Waals surface area (Å²) in [6.07, 6.45) is 1.44. The highest BCUT2D eigenvalue weighted by Gasteiger charge is 2.23. The van der Waals surface area contributed by atoms with Gasteiger partial charge in [0.15, 0.2) is 0 Å². The summed E-state index contributed by atoms with van der Waals surface area (Å²) in [4.78, 5) is 32.7. The Bertz CT molecular complexity index is 1150. The number of pyridine rings is 1. The largest absolute Gasteiger partial charge is 0.353 e. The Balaban J connectivity index is 1.35. The molecular formula is C23H19F3N4O2. The third-order valence-corrected chi connectivity index (χ3v) is 5.14. The van der Waals surface area contributed by atoms with Crippen LogP contribution in [0.2, 0.25) is 0 Å². The summed E-state index contributed by atoms with van der Waals surface area (Å²) >= 11 is 0. The number of halogens is 3. The molecule has 1 saturated heterocycles. The summed E-state index contributed by atoms with van der Waals surface area (Å²) in [5.74, 6) is -2.42. The molecule has 164 valence electrons. The van der Waals surface area contributed by atoms with E-state index in [1.165, 1.54) is 24.4 Å². The van der Waals surface area contributed by atoms with Gasteiger partial charge in [-0.25, -0.2) is 18.2 Å². The van der Waals surface area contributed by atoms with E-state index in [0.29, 0.717) is 49.3 Å². The predicted octanol–water partition coefficient (Wildman–Crippen LogP) is 3.71. The first-order valence-corrected chi connectivity index (χ1v) is 9.93. The SMILES string of the molecule is O=C(Nc1ccc(N2CCN(C(=O)c3cccc(F)c3)CC2)nc1)c1ccc(F)cc1F. The summed E-state index contributed by atoms with van der Waals surface area (Å²) in [5.41, 5.74) is 0.409. The summed E-state index contributed by atoms with van der Waals surface area (Å²) in [6.45, 7) is 2.00. The van der Waals surface area contributed by atoms with Gasteiger partial charge in [0, 0.05) is 37.8 Å². The van der Waals surface area contributed by atoms with Crippen LogP contribution in [0.25, 0.3) is 0 Å². The Morgan fingerprint density at radius 1 is 0.875 bits per heavy atom. The molecule has 3 aromatic rings. The molecule has 0 radical (unpaired) electrons. The van der Waals surface area contributed by atoms with Crippen molar-refractivity contribution in [2.24, 2.45) is 0 Å². The minimum Gasteiger partial charge on any atom is -0.353 e. The van der Waals surface area contributed by atoms with Crippen molar-refractivity contribution >= 4 is 23.3 Å². The van der Waals surface area contributed by atoms with Crippen molar-refractivity contribution in [1.82, 2.24) is 9.88 Å². The van der Waals surface area contributed by atoms with E-state index in [9.17, 15) is 22.8 Å². The molecule has 0 unspecified atom stereocenters. The second kappa shape index (κ2) is 9.09. The van der Waals surface area contributed by atoms with Gasteiger partial charge in [-0.2, -0.15) is 0 Å². The van der Waals surface area contributed by atoms with Crippen LogP contribution < -0.4 is 10.2 Å². The molecular weight excluding hydrogens is 421 g/mol. The fourth-order valence-electron chi connectivity index (χ4n) is 3.46. The summed E-state index contributed by atoms with van der Waals surface area (Å²) in [6, 6.07) is 11.7. The molecule has 6 nitrogen and oxygen atoms in total. The molecule has 1 aliphatic heterocycles. The predicted molar refractivity (Wildman–Crippen MR) is 113 cm³/mol. The smallest absolute Gasteiger partial charge is 0.258 e. The first-order chi connectivity index (χ1) is 15.4. The van der Waals surface area contributed by atoms with Gasteiger partial charge in [-0.05, 0) is 42.5 Å². The number of hydrogen-bond acceptors (Lipinski definition) is 4. The monoisotopic (exact) mass is 440 g/mol. The Morgan fingerprint density at radius 2 is 1.62 bits per heavy atom. The number of benzene rings is 2. The highest BCUT2D eigenvalue weighted by molar-refractivity contribution is 6.04.